The Morgan fingerprint density at radius 3 is 2.80 bits per heavy atom. The van der Waals surface area contributed by atoms with Crippen molar-refractivity contribution in [3.8, 4) is 18.4 Å². The van der Waals surface area contributed by atoms with Gasteiger partial charge in [-0.15, -0.1) is 6.42 Å². The first kappa shape index (κ1) is 16.9. The third-order valence-electron chi connectivity index (χ3n) is 8.21. The van der Waals surface area contributed by atoms with E-state index < -0.39 is 5.60 Å². The molecule has 3 fully saturated rings. The summed E-state index contributed by atoms with van der Waals surface area (Å²) in [5, 5.41) is 21.1. The molecule has 132 valence electrons. The lowest BCUT2D eigenvalue weighted by Gasteiger charge is -2.58. The molecule has 0 radical (unpaired) electrons. The number of fused-ring (bicyclic) bond motifs is 5. The highest BCUT2D eigenvalue weighted by Gasteiger charge is 2.65. The van der Waals surface area contributed by atoms with Gasteiger partial charge < -0.3 is 5.11 Å². The van der Waals surface area contributed by atoms with Crippen LogP contribution < -0.4 is 0 Å². The van der Waals surface area contributed by atoms with Gasteiger partial charge in [-0.2, -0.15) is 5.26 Å². The van der Waals surface area contributed by atoms with E-state index in [0.717, 1.165) is 19.3 Å². The first-order chi connectivity index (χ1) is 11.8. The largest absolute Gasteiger partial charge is 0.377 e. The van der Waals surface area contributed by atoms with E-state index >= 15 is 0 Å². The SMILES string of the molecule is C#C[C@]1(O)CC[C@H]2[C@H]3[C@H]([C@@H](C#N)C[C@@]21C)[C@H]1CCC(=O)C=C1C[C@H]3C. The smallest absolute Gasteiger partial charge is 0.155 e. The third kappa shape index (κ3) is 2.12. The first-order valence-corrected chi connectivity index (χ1v) is 9.67. The summed E-state index contributed by atoms with van der Waals surface area (Å²) in [6.45, 7) is 4.38. The zero-order valence-electron chi connectivity index (χ0n) is 15.2. The standard InChI is InChI=1S/C22H27NO2/c1-4-22(25)8-7-18-19-13(2)9-14-10-16(24)5-6-17(14)20(19)15(12-23)11-21(18,22)3/h1,10,13,15,17-20,25H,5-9,11H2,2-3H3/t13-,15-,17+,18+,19+,20-,21+,22+/m1/s1. The first-order valence-electron chi connectivity index (χ1n) is 9.67. The zero-order valence-corrected chi connectivity index (χ0v) is 15.2. The second kappa shape index (κ2) is 5.46. The highest BCUT2D eigenvalue weighted by molar-refractivity contribution is 5.91. The molecule has 0 aromatic rings. The van der Waals surface area contributed by atoms with Crippen molar-refractivity contribution < 1.29 is 9.90 Å². The average molecular weight is 337 g/mol. The number of nitriles is 1. The van der Waals surface area contributed by atoms with Crippen molar-refractivity contribution >= 4 is 5.78 Å². The van der Waals surface area contributed by atoms with Crippen LogP contribution in [-0.4, -0.2) is 16.5 Å². The maximum absolute atomic E-state index is 11.9. The number of ketones is 1. The lowest BCUT2D eigenvalue weighted by Crippen LogP contribution is -2.56. The van der Waals surface area contributed by atoms with E-state index in [2.05, 4.69) is 25.8 Å². The van der Waals surface area contributed by atoms with Crippen LogP contribution >= 0.6 is 0 Å². The molecule has 4 aliphatic rings. The Balaban J connectivity index is 1.79. The van der Waals surface area contributed by atoms with E-state index in [9.17, 15) is 15.2 Å². The van der Waals surface area contributed by atoms with Crippen molar-refractivity contribution in [3.63, 3.8) is 0 Å². The number of hydrogen-bond donors (Lipinski definition) is 1. The van der Waals surface area contributed by atoms with Gasteiger partial charge in [-0.25, -0.2) is 0 Å². The fraction of sp³-hybridized carbons (Fsp3) is 0.727. The van der Waals surface area contributed by atoms with Crippen molar-refractivity contribution in [2.75, 3.05) is 0 Å². The average Bonchev–Trinajstić information content (AvgIpc) is 2.85. The normalized spacial score (nSPS) is 51.4. The maximum atomic E-state index is 11.9. The highest BCUT2D eigenvalue weighted by Crippen LogP contribution is 2.67. The highest BCUT2D eigenvalue weighted by atomic mass is 16.3. The quantitative estimate of drug-likeness (QED) is 0.688. The Labute approximate surface area is 150 Å². The summed E-state index contributed by atoms with van der Waals surface area (Å²) in [5.41, 5.74) is -0.182. The summed E-state index contributed by atoms with van der Waals surface area (Å²) in [5.74, 6) is 4.74. The van der Waals surface area contributed by atoms with E-state index in [1.54, 1.807) is 0 Å². The molecule has 4 rings (SSSR count). The number of rotatable bonds is 0. The fourth-order valence-electron chi connectivity index (χ4n) is 7.06. The summed E-state index contributed by atoms with van der Waals surface area (Å²) in [6, 6.07) is 2.58. The molecule has 3 heteroatoms. The van der Waals surface area contributed by atoms with Crippen LogP contribution in [0.5, 0.6) is 0 Å². The number of allylic oxidation sites excluding steroid dienone is 1. The van der Waals surface area contributed by atoms with E-state index in [0.29, 0.717) is 48.9 Å². The molecule has 3 nitrogen and oxygen atoms in total. The van der Waals surface area contributed by atoms with Crippen molar-refractivity contribution in [3.05, 3.63) is 11.6 Å². The Hall–Kier alpha value is -1.58. The van der Waals surface area contributed by atoms with Crippen molar-refractivity contribution in [2.24, 2.45) is 40.9 Å². The molecule has 0 saturated heterocycles. The summed E-state index contributed by atoms with van der Waals surface area (Å²) >= 11 is 0. The minimum absolute atomic E-state index is 0.0893. The molecule has 25 heavy (non-hydrogen) atoms. The van der Waals surface area contributed by atoms with Gasteiger partial charge in [0.1, 0.15) is 5.60 Å². The van der Waals surface area contributed by atoms with Gasteiger partial charge in [-0.3, -0.25) is 4.79 Å². The number of nitrogens with zero attached hydrogens (tertiary/aromatic N) is 1. The Kier molecular flexibility index (Phi) is 3.68. The molecule has 0 aromatic carbocycles. The zero-order chi connectivity index (χ0) is 18.0. The van der Waals surface area contributed by atoms with Crippen LogP contribution in [0, 0.1) is 64.6 Å². The molecule has 0 bridgehead atoms. The molecule has 0 unspecified atom stereocenters. The van der Waals surface area contributed by atoms with Gasteiger partial charge in [0.2, 0.25) is 0 Å². The van der Waals surface area contributed by atoms with E-state index in [-0.39, 0.29) is 17.1 Å². The Morgan fingerprint density at radius 1 is 1.36 bits per heavy atom. The molecule has 3 saturated carbocycles. The van der Waals surface area contributed by atoms with Crippen LogP contribution in [0.2, 0.25) is 0 Å². The molecule has 4 aliphatic carbocycles. The predicted octanol–water partition coefficient (Wildman–Crippen LogP) is 3.49. The van der Waals surface area contributed by atoms with Gasteiger partial charge in [0.05, 0.1) is 12.0 Å². The third-order valence-corrected chi connectivity index (χ3v) is 8.21. The monoisotopic (exact) mass is 337 g/mol. The lowest BCUT2D eigenvalue weighted by atomic mass is 9.46. The van der Waals surface area contributed by atoms with Crippen LogP contribution in [0.1, 0.15) is 52.4 Å². The van der Waals surface area contributed by atoms with Crippen LogP contribution in [-0.2, 0) is 4.79 Å². The second-order valence-electron chi connectivity index (χ2n) is 9.17. The van der Waals surface area contributed by atoms with Gasteiger partial charge in [-0.1, -0.05) is 25.3 Å². The van der Waals surface area contributed by atoms with E-state index in [1.165, 1.54) is 5.57 Å². The molecule has 0 aromatic heterocycles. The van der Waals surface area contributed by atoms with Gasteiger partial charge >= 0.3 is 0 Å². The Bertz CT molecular complexity index is 725. The maximum Gasteiger partial charge on any atom is 0.155 e. The summed E-state index contributed by atoms with van der Waals surface area (Å²) in [7, 11) is 0. The molecule has 8 atom stereocenters. The predicted molar refractivity (Wildman–Crippen MR) is 94.9 cm³/mol. The van der Waals surface area contributed by atoms with Crippen LogP contribution in [0.3, 0.4) is 0 Å². The molecule has 1 N–H and O–H groups in total. The van der Waals surface area contributed by atoms with E-state index in [4.69, 9.17) is 6.42 Å². The fourth-order valence-corrected chi connectivity index (χ4v) is 7.06. The number of terminal acetylenes is 1. The number of carbonyl (C=O) groups excluding carboxylic acids is 1. The number of aliphatic hydroxyl groups is 1. The van der Waals surface area contributed by atoms with Crippen molar-refractivity contribution in [1.29, 1.82) is 5.26 Å². The molecular weight excluding hydrogens is 310 g/mol. The summed E-state index contributed by atoms with van der Waals surface area (Å²) in [6.07, 6.45) is 12.3. The lowest BCUT2D eigenvalue weighted by molar-refractivity contribution is -0.121. The van der Waals surface area contributed by atoms with Crippen LogP contribution in [0.25, 0.3) is 0 Å². The van der Waals surface area contributed by atoms with Gasteiger partial charge in [0, 0.05) is 11.8 Å². The molecule has 0 amide bonds. The van der Waals surface area contributed by atoms with Gasteiger partial charge in [0.15, 0.2) is 5.78 Å². The Morgan fingerprint density at radius 2 is 2.12 bits per heavy atom. The van der Waals surface area contributed by atoms with Gasteiger partial charge in [-0.05, 0) is 67.8 Å². The van der Waals surface area contributed by atoms with Crippen LogP contribution in [0.4, 0.5) is 0 Å². The molecule has 0 heterocycles. The van der Waals surface area contributed by atoms with Gasteiger partial charge in [0.25, 0.3) is 0 Å². The molecule has 0 spiro atoms. The topological polar surface area (TPSA) is 61.1 Å². The van der Waals surface area contributed by atoms with Crippen molar-refractivity contribution in [1.82, 2.24) is 0 Å². The minimum atomic E-state index is -1.09. The summed E-state index contributed by atoms with van der Waals surface area (Å²) in [4.78, 5) is 11.9. The number of carbonyl (C=O) groups is 1. The van der Waals surface area contributed by atoms with Crippen molar-refractivity contribution in [2.45, 2.75) is 58.0 Å². The van der Waals surface area contributed by atoms with E-state index in [1.807, 2.05) is 6.08 Å². The van der Waals surface area contributed by atoms with Crippen LogP contribution in [0.15, 0.2) is 11.6 Å². The second-order valence-corrected chi connectivity index (χ2v) is 9.17. The molecular formula is C22H27NO2. The molecule has 0 aliphatic heterocycles. The minimum Gasteiger partial charge on any atom is -0.377 e. The number of hydrogen-bond acceptors (Lipinski definition) is 3. The summed E-state index contributed by atoms with van der Waals surface area (Å²) < 4.78 is 0.